The summed E-state index contributed by atoms with van der Waals surface area (Å²) < 4.78 is 8.42. The lowest BCUT2D eigenvalue weighted by atomic mass is 9.74. The molecule has 0 bridgehead atoms. The van der Waals surface area contributed by atoms with Crippen molar-refractivity contribution in [3.8, 4) is 5.75 Å². The Labute approximate surface area is 187 Å². The van der Waals surface area contributed by atoms with E-state index in [9.17, 15) is 9.90 Å². The Kier molecular flexibility index (Phi) is 4.63. The number of carbonyl (C=O) groups is 1. The van der Waals surface area contributed by atoms with Crippen LogP contribution in [0.4, 0.5) is 11.4 Å². The van der Waals surface area contributed by atoms with Gasteiger partial charge in [0, 0.05) is 18.7 Å². The van der Waals surface area contributed by atoms with Crippen molar-refractivity contribution >= 4 is 23.1 Å². The summed E-state index contributed by atoms with van der Waals surface area (Å²) in [7, 11) is 4.11. The van der Waals surface area contributed by atoms with E-state index in [1.165, 1.54) is 11.3 Å². The van der Waals surface area contributed by atoms with Crippen LogP contribution in [0, 0.1) is 0 Å². The minimum Gasteiger partial charge on any atom is -0.478 e. The number of ether oxygens (including phenoxy) is 1. The highest BCUT2D eigenvalue weighted by molar-refractivity contribution is 6.04. The van der Waals surface area contributed by atoms with Gasteiger partial charge in [0.25, 0.3) is 0 Å². The van der Waals surface area contributed by atoms with Gasteiger partial charge in [-0.15, -0.1) is 0 Å². The molecule has 5 heteroatoms. The molecule has 0 saturated heterocycles. The molecule has 1 N–H and O–H groups in total. The predicted octanol–water partition coefficient (Wildman–Crippen LogP) is 4.98. The van der Waals surface area contributed by atoms with Gasteiger partial charge in [-0.05, 0) is 43.2 Å². The molecule has 5 nitrogen and oxygen atoms in total. The van der Waals surface area contributed by atoms with Crippen molar-refractivity contribution < 1.29 is 19.2 Å². The number of carboxylic acids is 1. The fourth-order valence-corrected chi connectivity index (χ4v) is 4.85. The molecule has 160 valence electrons. The van der Waals surface area contributed by atoms with Crippen LogP contribution in [0.25, 0.3) is 0 Å². The highest BCUT2D eigenvalue weighted by Gasteiger charge is 2.47. The predicted molar refractivity (Wildman–Crippen MR) is 125 cm³/mol. The third-order valence-electron chi connectivity index (χ3n) is 6.58. The first-order valence-electron chi connectivity index (χ1n) is 10.6. The molecule has 1 unspecified atom stereocenters. The molecule has 0 radical (unpaired) electrons. The number of allylic oxidation sites excluding steroid dienone is 1. The third-order valence-corrected chi connectivity index (χ3v) is 6.58. The Balaban J connectivity index is 1.58. The molecule has 1 atom stereocenters. The molecule has 0 fully saturated rings. The number of fused-ring (bicyclic) bond motifs is 2. The minimum atomic E-state index is -0.910. The topological polar surface area (TPSA) is 52.8 Å². The molecule has 0 amide bonds. The van der Waals surface area contributed by atoms with Gasteiger partial charge in [-0.2, -0.15) is 4.58 Å². The second-order valence-electron chi connectivity index (χ2n) is 8.58. The van der Waals surface area contributed by atoms with Crippen LogP contribution in [0.5, 0.6) is 5.75 Å². The van der Waals surface area contributed by atoms with Gasteiger partial charge in [-0.25, -0.2) is 4.79 Å². The maximum Gasteiger partial charge on any atom is 0.335 e. The SMILES string of the molecule is CN1/C(=C/C2=[N+](C)c3ccccc3C2(C)Cc2ccc(C(=O)O)cc2)Oc2ccccc21. The highest BCUT2D eigenvalue weighted by atomic mass is 16.5. The van der Waals surface area contributed by atoms with Crippen LogP contribution in [0.2, 0.25) is 0 Å². The van der Waals surface area contributed by atoms with E-state index in [-0.39, 0.29) is 5.41 Å². The quantitative estimate of drug-likeness (QED) is 0.599. The average molecular weight is 426 g/mol. The number of anilines is 1. The van der Waals surface area contributed by atoms with E-state index in [2.05, 4.69) is 59.9 Å². The summed E-state index contributed by atoms with van der Waals surface area (Å²) in [5.74, 6) is 0.728. The Hall–Kier alpha value is -3.86. The maximum absolute atomic E-state index is 11.3. The van der Waals surface area contributed by atoms with Crippen molar-refractivity contribution in [1.82, 2.24) is 0 Å². The molecule has 5 rings (SSSR count). The fourth-order valence-electron chi connectivity index (χ4n) is 4.85. The zero-order chi connectivity index (χ0) is 22.5. The van der Waals surface area contributed by atoms with E-state index in [0.29, 0.717) is 5.56 Å². The minimum absolute atomic E-state index is 0.299. The van der Waals surface area contributed by atoms with Crippen molar-refractivity contribution in [2.45, 2.75) is 18.8 Å². The normalized spacial score (nSPS) is 20.3. The monoisotopic (exact) mass is 425 g/mol. The summed E-state index contributed by atoms with van der Waals surface area (Å²) in [4.78, 5) is 13.3. The first-order valence-corrected chi connectivity index (χ1v) is 10.6. The van der Waals surface area contributed by atoms with Crippen LogP contribution in [0.3, 0.4) is 0 Å². The van der Waals surface area contributed by atoms with Crippen molar-refractivity contribution in [3.05, 3.63) is 101 Å². The molecule has 0 aliphatic carbocycles. The number of benzene rings is 3. The van der Waals surface area contributed by atoms with Gasteiger partial charge < -0.3 is 14.7 Å². The number of hydrogen-bond acceptors (Lipinski definition) is 3. The van der Waals surface area contributed by atoms with Crippen molar-refractivity contribution in [3.63, 3.8) is 0 Å². The number of rotatable bonds is 4. The third kappa shape index (κ3) is 3.09. The van der Waals surface area contributed by atoms with E-state index in [0.717, 1.165) is 35.0 Å². The Morgan fingerprint density at radius 3 is 2.47 bits per heavy atom. The zero-order valence-corrected chi connectivity index (χ0v) is 18.4. The lowest BCUT2D eigenvalue weighted by molar-refractivity contribution is -0.401. The molecule has 2 aliphatic heterocycles. The second-order valence-corrected chi connectivity index (χ2v) is 8.58. The van der Waals surface area contributed by atoms with Gasteiger partial charge in [0.2, 0.25) is 11.6 Å². The fraction of sp³-hybridized carbons (Fsp3) is 0.185. The number of hydrogen-bond donors (Lipinski definition) is 1. The van der Waals surface area contributed by atoms with Gasteiger partial charge in [-0.1, -0.05) is 42.5 Å². The van der Waals surface area contributed by atoms with Crippen LogP contribution in [0.1, 0.15) is 28.4 Å². The van der Waals surface area contributed by atoms with Crippen molar-refractivity contribution in [1.29, 1.82) is 0 Å². The number of nitrogens with zero attached hydrogens (tertiary/aromatic N) is 2. The molecule has 0 aromatic heterocycles. The molecule has 32 heavy (non-hydrogen) atoms. The van der Waals surface area contributed by atoms with Crippen LogP contribution in [0.15, 0.2) is 84.8 Å². The van der Waals surface area contributed by atoms with Crippen LogP contribution < -0.4 is 9.64 Å². The summed E-state index contributed by atoms with van der Waals surface area (Å²) in [5.41, 5.74) is 5.67. The molecule has 3 aromatic carbocycles. The second kappa shape index (κ2) is 7.38. The van der Waals surface area contributed by atoms with Crippen LogP contribution in [-0.2, 0) is 11.8 Å². The van der Waals surface area contributed by atoms with Crippen LogP contribution in [-0.4, -0.2) is 35.5 Å². The molecule has 0 saturated carbocycles. The summed E-state index contributed by atoms with van der Waals surface area (Å²) in [6.45, 7) is 2.24. The Morgan fingerprint density at radius 2 is 1.75 bits per heavy atom. The van der Waals surface area contributed by atoms with Crippen molar-refractivity contribution in [2.75, 3.05) is 19.0 Å². The van der Waals surface area contributed by atoms with Crippen LogP contribution >= 0.6 is 0 Å². The first kappa shape index (κ1) is 20.1. The number of aromatic carboxylic acids is 1. The first-order chi connectivity index (χ1) is 15.4. The summed E-state index contributed by atoms with van der Waals surface area (Å²) >= 11 is 0. The summed E-state index contributed by atoms with van der Waals surface area (Å²) in [6, 6.07) is 23.6. The van der Waals surface area contributed by atoms with Gasteiger partial charge >= 0.3 is 5.97 Å². The lowest BCUT2D eigenvalue weighted by Gasteiger charge is -2.23. The largest absolute Gasteiger partial charge is 0.478 e. The standard InChI is InChI=1S/C27H24N2O3/c1-27(17-18-12-14-19(15-13-18)26(30)31)20-8-4-5-9-21(20)28(2)24(27)16-25-29(3)22-10-6-7-11-23(22)32-25/h4-16H,17H2,1-3H3/p+1. The average Bonchev–Trinajstić information content (AvgIpc) is 3.22. The van der Waals surface area contributed by atoms with E-state index in [1.54, 1.807) is 12.1 Å². The Bertz CT molecular complexity index is 1290. The Morgan fingerprint density at radius 1 is 1.06 bits per heavy atom. The zero-order valence-electron chi connectivity index (χ0n) is 18.4. The van der Waals surface area contributed by atoms with E-state index >= 15 is 0 Å². The molecule has 2 aliphatic rings. The molecular weight excluding hydrogens is 400 g/mol. The van der Waals surface area contributed by atoms with Gasteiger partial charge in [-0.3, -0.25) is 0 Å². The van der Waals surface area contributed by atoms with Gasteiger partial charge in [0.1, 0.15) is 7.05 Å². The maximum atomic E-state index is 11.3. The molecule has 3 aromatic rings. The van der Waals surface area contributed by atoms with Gasteiger partial charge in [0.15, 0.2) is 11.5 Å². The lowest BCUT2D eigenvalue weighted by Crippen LogP contribution is -2.34. The summed E-state index contributed by atoms with van der Waals surface area (Å²) in [6.07, 6.45) is 2.87. The van der Waals surface area contributed by atoms with E-state index < -0.39 is 5.97 Å². The number of carboxylic acid groups (broad SMARTS) is 1. The summed E-state index contributed by atoms with van der Waals surface area (Å²) in [5, 5.41) is 9.24. The van der Waals surface area contributed by atoms with E-state index in [1.807, 2.05) is 37.4 Å². The van der Waals surface area contributed by atoms with Crippen molar-refractivity contribution in [2.24, 2.45) is 0 Å². The smallest absolute Gasteiger partial charge is 0.335 e. The molecular formula is C27H25N2O3+. The molecule has 0 spiro atoms. The molecule has 2 heterocycles. The van der Waals surface area contributed by atoms with Gasteiger partial charge in [0.05, 0.1) is 22.7 Å². The van der Waals surface area contributed by atoms with E-state index in [4.69, 9.17) is 4.74 Å². The highest BCUT2D eigenvalue weighted by Crippen LogP contribution is 2.43. The number of para-hydroxylation sites is 3.